The normalized spacial score (nSPS) is 15.3. The van der Waals surface area contributed by atoms with Crippen molar-refractivity contribution in [2.24, 2.45) is 0 Å². The maximum Gasteiger partial charge on any atom is 0.170 e. The van der Waals surface area contributed by atoms with E-state index in [4.69, 9.17) is 16.1 Å². The van der Waals surface area contributed by atoms with Crippen LogP contribution >= 0.6 is 11.6 Å². The molecule has 3 aromatic rings. The van der Waals surface area contributed by atoms with E-state index in [1.165, 1.54) is 17.8 Å². The molecule has 1 fully saturated rings. The van der Waals surface area contributed by atoms with Crippen molar-refractivity contribution in [1.29, 1.82) is 0 Å². The predicted octanol–water partition coefficient (Wildman–Crippen LogP) is 4.76. The minimum Gasteiger partial charge on any atom is -0.369 e. The fraction of sp³-hybridized carbons (Fsp3) is 0.286. The number of halogens is 2. The molecule has 0 atom stereocenters. The number of hydrogen-bond donors (Lipinski definition) is 0. The predicted molar refractivity (Wildman–Crippen MR) is 106 cm³/mol. The van der Waals surface area contributed by atoms with Gasteiger partial charge in [0.15, 0.2) is 5.76 Å². The number of aromatic nitrogens is 1. The van der Waals surface area contributed by atoms with Crippen LogP contribution < -0.4 is 4.90 Å². The Bertz CT molecular complexity index is 917. The molecule has 140 valence electrons. The molecule has 1 saturated heterocycles. The monoisotopic (exact) mass is 385 g/mol. The lowest BCUT2D eigenvalue weighted by molar-refractivity contribution is 0.242. The Hall–Kier alpha value is -2.37. The largest absolute Gasteiger partial charge is 0.369 e. The van der Waals surface area contributed by atoms with Gasteiger partial charge in [-0.05, 0) is 49.4 Å². The van der Waals surface area contributed by atoms with Crippen LogP contribution in [0.25, 0.3) is 11.3 Å². The molecule has 0 saturated carbocycles. The van der Waals surface area contributed by atoms with E-state index < -0.39 is 0 Å². The molecular formula is C21H21ClFN3O. The Morgan fingerprint density at radius 3 is 2.52 bits per heavy atom. The molecule has 0 radical (unpaired) electrons. The summed E-state index contributed by atoms with van der Waals surface area (Å²) in [5.41, 5.74) is 3.96. The first-order chi connectivity index (χ1) is 13.1. The van der Waals surface area contributed by atoms with Crippen LogP contribution in [-0.4, -0.2) is 36.2 Å². The van der Waals surface area contributed by atoms with E-state index in [0.29, 0.717) is 5.76 Å². The summed E-state index contributed by atoms with van der Waals surface area (Å²) in [4.78, 5) is 4.72. The van der Waals surface area contributed by atoms with Crippen LogP contribution in [0.15, 0.2) is 53.1 Å². The molecular weight excluding hydrogens is 365 g/mol. The van der Waals surface area contributed by atoms with Crippen molar-refractivity contribution in [2.45, 2.75) is 13.5 Å². The topological polar surface area (TPSA) is 32.5 Å². The van der Waals surface area contributed by atoms with Gasteiger partial charge in [-0.1, -0.05) is 22.8 Å². The Labute approximate surface area is 163 Å². The number of piperazine rings is 1. The summed E-state index contributed by atoms with van der Waals surface area (Å²) in [6.07, 6.45) is 0. The van der Waals surface area contributed by atoms with Crippen LogP contribution in [0.1, 0.15) is 11.3 Å². The van der Waals surface area contributed by atoms with Gasteiger partial charge in [0.25, 0.3) is 0 Å². The summed E-state index contributed by atoms with van der Waals surface area (Å²) in [6.45, 7) is 6.55. The van der Waals surface area contributed by atoms with E-state index in [1.54, 1.807) is 12.1 Å². The zero-order valence-electron chi connectivity index (χ0n) is 15.2. The lowest BCUT2D eigenvalue weighted by atomic mass is 10.1. The van der Waals surface area contributed by atoms with Gasteiger partial charge in [-0.15, -0.1) is 0 Å². The van der Waals surface area contributed by atoms with Gasteiger partial charge in [-0.3, -0.25) is 4.90 Å². The van der Waals surface area contributed by atoms with Crippen molar-refractivity contribution >= 4 is 17.3 Å². The highest BCUT2D eigenvalue weighted by Gasteiger charge is 2.21. The number of benzene rings is 2. The van der Waals surface area contributed by atoms with E-state index in [-0.39, 0.29) is 5.82 Å². The Morgan fingerprint density at radius 1 is 1.07 bits per heavy atom. The minimum atomic E-state index is -0.256. The van der Waals surface area contributed by atoms with Crippen LogP contribution in [0.3, 0.4) is 0 Å². The highest BCUT2D eigenvalue weighted by molar-refractivity contribution is 6.30. The van der Waals surface area contributed by atoms with Gasteiger partial charge in [0.1, 0.15) is 11.5 Å². The first-order valence-electron chi connectivity index (χ1n) is 9.04. The zero-order chi connectivity index (χ0) is 18.8. The van der Waals surface area contributed by atoms with E-state index >= 15 is 0 Å². The first-order valence-corrected chi connectivity index (χ1v) is 9.42. The number of anilines is 1. The maximum absolute atomic E-state index is 13.1. The van der Waals surface area contributed by atoms with Crippen molar-refractivity contribution in [3.63, 3.8) is 0 Å². The van der Waals surface area contributed by atoms with Gasteiger partial charge in [0, 0.05) is 54.6 Å². The molecule has 0 spiro atoms. The average molecular weight is 386 g/mol. The molecule has 6 heteroatoms. The fourth-order valence-corrected chi connectivity index (χ4v) is 3.62. The summed E-state index contributed by atoms with van der Waals surface area (Å²) >= 11 is 6.10. The zero-order valence-corrected chi connectivity index (χ0v) is 15.9. The van der Waals surface area contributed by atoms with Crippen LogP contribution in [-0.2, 0) is 6.54 Å². The molecule has 2 heterocycles. The third kappa shape index (κ3) is 3.99. The van der Waals surface area contributed by atoms with Crippen molar-refractivity contribution < 1.29 is 8.91 Å². The molecule has 4 rings (SSSR count). The molecule has 4 nitrogen and oxygen atoms in total. The minimum absolute atomic E-state index is 0.256. The van der Waals surface area contributed by atoms with Crippen LogP contribution in [0, 0.1) is 12.7 Å². The van der Waals surface area contributed by atoms with Crippen LogP contribution in [0.5, 0.6) is 0 Å². The van der Waals surface area contributed by atoms with Crippen LogP contribution in [0.2, 0.25) is 5.02 Å². The molecule has 0 bridgehead atoms. The summed E-state index contributed by atoms with van der Waals surface area (Å²) in [5, 5.41) is 5.02. The van der Waals surface area contributed by atoms with Crippen molar-refractivity contribution in [1.82, 2.24) is 10.1 Å². The van der Waals surface area contributed by atoms with Crippen molar-refractivity contribution in [2.75, 3.05) is 31.1 Å². The Morgan fingerprint density at radius 2 is 1.81 bits per heavy atom. The molecule has 0 amide bonds. The maximum atomic E-state index is 13.1. The number of hydrogen-bond acceptors (Lipinski definition) is 4. The fourth-order valence-electron chi connectivity index (χ4n) is 3.44. The third-order valence-electron chi connectivity index (χ3n) is 5.05. The van der Waals surface area contributed by atoms with Crippen LogP contribution in [0.4, 0.5) is 10.1 Å². The third-order valence-corrected chi connectivity index (χ3v) is 5.28. The van der Waals surface area contributed by atoms with Crippen molar-refractivity contribution in [3.8, 4) is 11.3 Å². The van der Waals surface area contributed by atoms with Gasteiger partial charge in [0.2, 0.25) is 0 Å². The van der Waals surface area contributed by atoms with E-state index in [0.717, 1.165) is 54.6 Å². The van der Waals surface area contributed by atoms with Gasteiger partial charge < -0.3 is 9.42 Å². The smallest absolute Gasteiger partial charge is 0.170 e. The molecule has 1 aromatic heterocycles. The summed E-state index contributed by atoms with van der Waals surface area (Å²) < 4.78 is 18.7. The number of nitrogens with zero attached hydrogens (tertiary/aromatic N) is 3. The molecule has 2 aromatic carbocycles. The SMILES string of the molecule is Cc1c(CN2CCN(c3cccc(Cl)c3)CC2)noc1-c1ccc(F)cc1. The molecule has 1 aliphatic heterocycles. The highest BCUT2D eigenvalue weighted by Crippen LogP contribution is 2.27. The van der Waals surface area contributed by atoms with Crippen molar-refractivity contribution in [3.05, 3.63) is 70.6 Å². The second-order valence-electron chi connectivity index (χ2n) is 6.83. The first kappa shape index (κ1) is 18.0. The van der Waals surface area contributed by atoms with Gasteiger partial charge in [-0.2, -0.15) is 0 Å². The Kier molecular flexibility index (Phi) is 5.14. The second-order valence-corrected chi connectivity index (χ2v) is 7.27. The molecule has 0 N–H and O–H groups in total. The second kappa shape index (κ2) is 7.71. The lowest BCUT2D eigenvalue weighted by Gasteiger charge is -2.35. The molecule has 1 aliphatic rings. The molecule has 0 unspecified atom stereocenters. The lowest BCUT2D eigenvalue weighted by Crippen LogP contribution is -2.46. The summed E-state index contributed by atoms with van der Waals surface area (Å²) in [5.74, 6) is 0.455. The number of rotatable bonds is 4. The summed E-state index contributed by atoms with van der Waals surface area (Å²) in [6, 6.07) is 14.3. The Balaban J connectivity index is 1.40. The quantitative estimate of drug-likeness (QED) is 0.648. The van der Waals surface area contributed by atoms with Gasteiger partial charge in [-0.25, -0.2) is 4.39 Å². The van der Waals surface area contributed by atoms with Gasteiger partial charge >= 0.3 is 0 Å². The molecule has 0 aliphatic carbocycles. The highest BCUT2D eigenvalue weighted by atomic mass is 35.5. The van der Waals surface area contributed by atoms with E-state index in [2.05, 4.69) is 21.0 Å². The average Bonchev–Trinajstić information content (AvgIpc) is 3.03. The standard InChI is InChI=1S/C21H21ClFN3O/c1-15-20(24-27-21(15)16-5-7-18(23)8-6-16)14-25-9-11-26(12-10-25)19-4-2-3-17(22)13-19/h2-8,13H,9-12,14H2,1H3. The van der Waals surface area contributed by atoms with E-state index in [9.17, 15) is 4.39 Å². The molecule has 27 heavy (non-hydrogen) atoms. The van der Waals surface area contributed by atoms with E-state index in [1.807, 2.05) is 25.1 Å². The summed E-state index contributed by atoms with van der Waals surface area (Å²) in [7, 11) is 0. The van der Waals surface area contributed by atoms with Gasteiger partial charge in [0.05, 0.1) is 0 Å².